The molecular weight excluding hydrogens is 370 g/mol. The summed E-state index contributed by atoms with van der Waals surface area (Å²) in [6.45, 7) is 5.90. The summed E-state index contributed by atoms with van der Waals surface area (Å²) in [6.07, 6.45) is 2.40. The number of hydrogen-bond donors (Lipinski definition) is 0. The summed E-state index contributed by atoms with van der Waals surface area (Å²) >= 11 is 2.79. The van der Waals surface area contributed by atoms with Crippen molar-refractivity contribution in [2.24, 2.45) is 0 Å². The van der Waals surface area contributed by atoms with E-state index in [1.807, 2.05) is 24.0 Å². The molecular formula is C17H19N5O2S2. The Labute approximate surface area is 159 Å². The number of piperazine rings is 1. The van der Waals surface area contributed by atoms with Crippen molar-refractivity contribution in [3.05, 3.63) is 40.0 Å². The Morgan fingerprint density at radius 3 is 2.88 bits per heavy atom. The maximum atomic E-state index is 12.7. The Balaban J connectivity index is 1.33. The van der Waals surface area contributed by atoms with E-state index in [2.05, 4.69) is 24.9 Å². The number of furan rings is 1. The smallest absolute Gasteiger partial charge is 0.267 e. The minimum Gasteiger partial charge on any atom is -0.462 e. The maximum Gasteiger partial charge on any atom is 0.267 e. The fourth-order valence-electron chi connectivity index (χ4n) is 2.98. The van der Waals surface area contributed by atoms with Crippen molar-refractivity contribution in [2.45, 2.75) is 19.9 Å². The van der Waals surface area contributed by atoms with E-state index in [0.29, 0.717) is 4.88 Å². The van der Waals surface area contributed by atoms with Gasteiger partial charge in [-0.15, -0.1) is 16.4 Å². The van der Waals surface area contributed by atoms with E-state index < -0.39 is 0 Å². The van der Waals surface area contributed by atoms with Crippen LogP contribution in [0.1, 0.15) is 28.0 Å². The Bertz CT molecular complexity index is 865. The van der Waals surface area contributed by atoms with Crippen LogP contribution >= 0.6 is 22.9 Å². The zero-order valence-electron chi connectivity index (χ0n) is 14.4. The molecule has 136 valence electrons. The summed E-state index contributed by atoms with van der Waals surface area (Å²) in [5.74, 6) is 0.867. The molecule has 1 aliphatic heterocycles. The Hall–Kier alpha value is -2.10. The van der Waals surface area contributed by atoms with Crippen LogP contribution in [0.4, 0.5) is 0 Å². The molecule has 0 bridgehead atoms. The standard InChI is InChI=1S/C17H19N5O2S2/c1-2-13-15(26-20-19-13)17(23)22-7-5-21(6-8-22)10-12-11-25-16(18-12)14-4-3-9-24-14/h3-4,9,11H,2,5-8,10H2,1H3. The molecule has 1 saturated heterocycles. The van der Waals surface area contributed by atoms with Crippen molar-refractivity contribution < 1.29 is 9.21 Å². The average molecular weight is 390 g/mol. The van der Waals surface area contributed by atoms with Gasteiger partial charge in [0.25, 0.3) is 5.91 Å². The number of rotatable bonds is 5. The van der Waals surface area contributed by atoms with E-state index in [1.165, 1.54) is 11.5 Å². The van der Waals surface area contributed by atoms with Gasteiger partial charge in [-0.2, -0.15) is 0 Å². The number of carbonyl (C=O) groups is 1. The molecule has 9 heteroatoms. The van der Waals surface area contributed by atoms with Crippen LogP contribution in [0.15, 0.2) is 28.2 Å². The molecule has 3 aromatic heterocycles. The van der Waals surface area contributed by atoms with Crippen LogP contribution in [0.2, 0.25) is 0 Å². The first kappa shape index (κ1) is 17.3. The number of hydrogen-bond acceptors (Lipinski definition) is 8. The number of thiazole rings is 1. The second-order valence-corrected chi connectivity index (χ2v) is 7.70. The first-order chi connectivity index (χ1) is 12.7. The molecule has 3 aromatic rings. The summed E-state index contributed by atoms with van der Waals surface area (Å²) in [7, 11) is 0. The molecule has 26 heavy (non-hydrogen) atoms. The predicted octanol–water partition coefficient (Wildman–Crippen LogP) is 2.78. The summed E-state index contributed by atoms with van der Waals surface area (Å²) in [5, 5.41) is 7.02. The third-order valence-electron chi connectivity index (χ3n) is 4.41. The van der Waals surface area contributed by atoms with Crippen molar-refractivity contribution in [3.63, 3.8) is 0 Å². The van der Waals surface area contributed by atoms with Gasteiger partial charge < -0.3 is 9.32 Å². The minimum atomic E-state index is 0.0604. The van der Waals surface area contributed by atoms with E-state index in [-0.39, 0.29) is 5.91 Å². The molecule has 1 aliphatic rings. The van der Waals surface area contributed by atoms with E-state index >= 15 is 0 Å². The van der Waals surface area contributed by atoms with Crippen LogP contribution in [0, 0.1) is 0 Å². The van der Waals surface area contributed by atoms with Crippen molar-refractivity contribution >= 4 is 28.8 Å². The molecule has 0 saturated carbocycles. The van der Waals surface area contributed by atoms with Crippen LogP contribution in [0.5, 0.6) is 0 Å². The second kappa shape index (κ2) is 7.65. The second-order valence-electron chi connectivity index (χ2n) is 6.09. The maximum absolute atomic E-state index is 12.7. The summed E-state index contributed by atoms with van der Waals surface area (Å²) in [5.41, 5.74) is 1.84. The summed E-state index contributed by atoms with van der Waals surface area (Å²) in [6, 6.07) is 3.79. The first-order valence-corrected chi connectivity index (χ1v) is 10.2. The summed E-state index contributed by atoms with van der Waals surface area (Å²) in [4.78, 5) is 22.2. The molecule has 1 fully saturated rings. The molecule has 0 aromatic carbocycles. The highest BCUT2D eigenvalue weighted by atomic mass is 32.1. The number of amides is 1. The van der Waals surface area contributed by atoms with Gasteiger partial charge in [-0.1, -0.05) is 11.4 Å². The van der Waals surface area contributed by atoms with Gasteiger partial charge in [-0.25, -0.2) is 4.98 Å². The van der Waals surface area contributed by atoms with E-state index in [1.54, 1.807) is 17.6 Å². The van der Waals surface area contributed by atoms with Crippen LogP contribution in [-0.2, 0) is 13.0 Å². The zero-order valence-corrected chi connectivity index (χ0v) is 16.1. The van der Waals surface area contributed by atoms with Gasteiger partial charge in [0.15, 0.2) is 10.8 Å². The van der Waals surface area contributed by atoms with E-state index in [0.717, 1.165) is 61.3 Å². The lowest BCUT2D eigenvalue weighted by Crippen LogP contribution is -2.48. The molecule has 4 rings (SSSR count). The topological polar surface area (TPSA) is 75.4 Å². The number of carbonyl (C=O) groups excluding carboxylic acids is 1. The molecule has 1 amide bonds. The molecule has 0 atom stereocenters. The van der Waals surface area contributed by atoms with Gasteiger partial charge in [0, 0.05) is 38.1 Å². The van der Waals surface area contributed by atoms with Gasteiger partial charge >= 0.3 is 0 Å². The zero-order chi connectivity index (χ0) is 17.9. The van der Waals surface area contributed by atoms with E-state index in [4.69, 9.17) is 4.42 Å². The molecule has 4 heterocycles. The fourth-order valence-corrected chi connectivity index (χ4v) is 4.47. The van der Waals surface area contributed by atoms with Gasteiger partial charge in [0.05, 0.1) is 17.7 Å². The third kappa shape index (κ3) is 3.55. The van der Waals surface area contributed by atoms with Crippen molar-refractivity contribution in [3.8, 4) is 10.8 Å². The van der Waals surface area contributed by atoms with Crippen molar-refractivity contribution in [2.75, 3.05) is 26.2 Å². The lowest BCUT2D eigenvalue weighted by atomic mass is 10.2. The molecule has 0 spiro atoms. The third-order valence-corrected chi connectivity index (χ3v) is 6.08. The molecule has 0 N–H and O–H groups in total. The van der Waals surface area contributed by atoms with E-state index in [9.17, 15) is 4.79 Å². The largest absolute Gasteiger partial charge is 0.462 e. The lowest BCUT2D eigenvalue weighted by Gasteiger charge is -2.34. The summed E-state index contributed by atoms with van der Waals surface area (Å²) < 4.78 is 9.32. The van der Waals surface area contributed by atoms with Crippen LogP contribution < -0.4 is 0 Å². The molecule has 0 unspecified atom stereocenters. The molecule has 0 radical (unpaired) electrons. The SMILES string of the molecule is CCc1nnsc1C(=O)N1CCN(Cc2csc(-c3ccco3)n2)CC1. The van der Waals surface area contributed by atoms with Crippen molar-refractivity contribution in [1.29, 1.82) is 0 Å². The van der Waals surface area contributed by atoms with Crippen molar-refractivity contribution in [1.82, 2.24) is 24.4 Å². The Morgan fingerprint density at radius 2 is 2.15 bits per heavy atom. The van der Waals surface area contributed by atoms with Gasteiger partial charge in [-0.05, 0) is 30.1 Å². The minimum absolute atomic E-state index is 0.0604. The fraction of sp³-hybridized carbons (Fsp3) is 0.412. The van der Waals surface area contributed by atoms with Crippen LogP contribution in [0.3, 0.4) is 0 Å². The highest BCUT2D eigenvalue weighted by Gasteiger charge is 2.26. The highest BCUT2D eigenvalue weighted by Crippen LogP contribution is 2.25. The number of aromatic nitrogens is 3. The lowest BCUT2D eigenvalue weighted by molar-refractivity contribution is 0.0631. The Morgan fingerprint density at radius 1 is 1.31 bits per heavy atom. The number of nitrogens with zero attached hydrogens (tertiary/aromatic N) is 5. The monoisotopic (exact) mass is 389 g/mol. The molecule has 0 aliphatic carbocycles. The quantitative estimate of drug-likeness (QED) is 0.668. The normalized spacial score (nSPS) is 15.5. The molecule has 7 nitrogen and oxygen atoms in total. The predicted molar refractivity (Wildman–Crippen MR) is 100 cm³/mol. The van der Waals surface area contributed by atoms with Gasteiger partial charge in [0.2, 0.25) is 0 Å². The first-order valence-electron chi connectivity index (χ1n) is 8.55. The average Bonchev–Trinajstić information content (AvgIpc) is 3.42. The van der Waals surface area contributed by atoms with Gasteiger partial charge in [-0.3, -0.25) is 9.69 Å². The van der Waals surface area contributed by atoms with Gasteiger partial charge in [0.1, 0.15) is 4.88 Å². The Kier molecular flexibility index (Phi) is 5.09. The van der Waals surface area contributed by atoms with Crippen LogP contribution in [0.25, 0.3) is 10.8 Å². The number of aryl methyl sites for hydroxylation is 1. The van der Waals surface area contributed by atoms with Crippen LogP contribution in [-0.4, -0.2) is 56.5 Å². The highest BCUT2D eigenvalue weighted by molar-refractivity contribution is 7.13.